The molecule has 0 aliphatic heterocycles. The van der Waals surface area contributed by atoms with Crippen LogP contribution < -0.4 is 5.32 Å². The lowest BCUT2D eigenvalue weighted by Crippen LogP contribution is -2.14. The number of aromatic nitrogens is 6. The van der Waals surface area contributed by atoms with Crippen LogP contribution >= 0.6 is 0 Å². The van der Waals surface area contributed by atoms with Gasteiger partial charge < -0.3 is 9.88 Å². The fourth-order valence-corrected chi connectivity index (χ4v) is 2.81. The summed E-state index contributed by atoms with van der Waals surface area (Å²) in [5.41, 5.74) is 0.768. The summed E-state index contributed by atoms with van der Waals surface area (Å²) < 4.78 is 30.8. The van der Waals surface area contributed by atoms with Crippen LogP contribution in [0.15, 0.2) is 42.9 Å². The molecule has 8 nitrogen and oxygen atoms in total. The van der Waals surface area contributed by atoms with Crippen LogP contribution in [-0.4, -0.2) is 35.4 Å². The average molecular weight is 383 g/mol. The second-order valence-corrected chi connectivity index (χ2v) is 6.16. The zero-order valence-corrected chi connectivity index (χ0v) is 14.9. The lowest BCUT2D eigenvalue weighted by Gasteiger charge is -2.04. The third-order valence-corrected chi connectivity index (χ3v) is 4.16. The molecule has 1 amide bonds. The van der Waals surface area contributed by atoms with E-state index >= 15 is 0 Å². The predicted molar refractivity (Wildman–Crippen MR) is 97.0 cm³/mol. The van der Waals surface area contributed by atoms with Crippen LogP contribution in [0.25, 0.3) is 17.2 Å². The fraction of sp³-hybridized carbons (Fsp3) is 0.111. The van der Waals surface area contributed by atoms with E-state index in [1.54, 1.807) is 30.0 Å². The van der Waals surface area contributed by atoms with Crippen molar-refractivity contribution in [3.05, 3.63) is 65.7 Å². The van der Waals surface area contributed by atoms with E-state index in [0.717, 1.165) is 16.8 Å². The van der Waals surface area contributed by atoms with Crippen molar-refractivity contribution >= 4 is 11.7 Å². The zero-order valence-electron chi connectivity index (χ0n) is 14.9. The van der Waals surface area contributed by atoms with Crippen molar-refractivity contribution in [3.63, 3.8) is 0 Å². The molecule has 4 rings (SSSR count). The van der Waals surface area contributed by atoms with E-state index in [2.05, 4.69) is 25.6 Å². The molecule has 0 aliphatic rings. The van der Waals surface area contributed by atoms with Crippen molar-refractivity contribution in [1.29, 1.82) is 0 Å². The fourth-order valence-electron chi connectivity index (χ4n) is 2.81. The minimum Gasteiger partial charge on any atom is -0.333 e. The Bertz CT molecular complexity index is 1150. The first-order valence-electron chi connectivity index (χ1n) is 8.29. The van der Waals surface area contributed by atoms with E-state index in [1.807, 2.05) is 7.05 Å². The number of anilines is 1. The minimum atomic E-state index is -0.776. The minimum absolute atomic E-state index is 0.0317. The molecule has 0 unspecified atom stereocenters. The number of rotatable bonds is 4. The number of hydrogen-bond acceptors (Lipinski definition) is 4. The van der Waals surface area contributed by atoms with Gasteiger partial charge in [0.15, 0.2) is 29.0 Å². The van der Waals surface area contributed by atoms with Gasteiger partial charge in [-0.05, 0) is 19.1 Å². The quantitative estimate of drug-likeness (QED) is 0.567. The van der Waals surface area contributed by atoms with Gasteiger partial charge in [-0.25, -0.2) is 18.4 Å². The molecule has 28 heavy (non-hydrogen) atoms. The normalized spacial score (nSPS) is 11.0. The number of aryl methyl sites for hydroxylation is 2. The summed E-state index contributed by atoms with van der Waals surface area (Å²) in [5, 5.41) is 13.5. The van der Waals surface area contributed by atoms with E-state index < -0.39 is 17.5 Å². The highest BCUT2D eigenvalue weighted by molar-refractivity contribution is 6.03. The number of carbonyl (C=O) groups is 1. The lowest BCUT2D eigenvalue weighted by molar-refractivity contribution is 0.102. The maximum absolute atomic E-state index is 14.0. The topological polar surface area (TPSA) is 93.4 Å². The van der Waals surface area contributed by atoms with Crippen LogP contribution in [0.2, 0.25) is 0 Å². The Labute approximate surface area is 157 Å². The van der Waals surface area contributed by atoms with Crippen molar-refractivity contribution in [2.75, 3.05) is 5.32 Å². The van der Waals surface area contributed by atoms with Crippen molar-refractivity contribution in [3.8, 4) is 17.2 Å². The number of imidazole rings is 1. The number of amides is 1. The van der Waals surface area contributed by atoms with Gasteiger partial charge in [0.1, 0.15) is 11.4 Å². The number of nitrogens with zero attached hydrogens (tertiary/aromatic N) is 5. The maximum Gasteiger partial charge on any atom is 0.277 e. The molecule has 1 aromatic carbocycles. The maximum atomic E-state index is 14.0. The standard InChI is InChI=1S/C18H15F2N7O/c1-10-9-27(16-11(19)4-3-5-12(16)20)25-15(10)18(28)22-14-8-13(23-24-14)17-21-6-7-26(17)2/h3-9H,1-2H3,(H2,22,23,24,28). The SMILES string of the molecule is Cc1cn(-c2c(F)cccc2F)nc1C(=O)Nc1cc(-c2nccn2C)[nH]n1. The van der Waals surface area contributed by atoms with Crippen molar-refractivity contribution in [2.45, 2.75) is 6.92 Å². The summed E-state index contributed by atoms with van der Waals surface area (Å²) in [5.74, 6) is -1.17. The van der Waals surface area contributed by atoms with Gasteiger partial charge in [0.05, 0.1) is 0 Å². The van der Waals surface area contributed by atoms with E-state index in [4.69, 9.17) is 0 Å². The Kier molecular flexibility index (Phi) is 4.22. The first kappa shape index (κ1) is 17.6. The molecule has 0 saturated carbocycles. The molecule has 0 spiro atoms. The Balaban J connectivity index is 1.59. The third kappa shape index (κ3) is 3.04. The summed E-state index contributed by atoms with van der Waals surface area (Å²) >= 11 is 0. The summed E-state index contributed by atoms with van der Waals surface area (Å²) in [7, 11) is 1.83. The largest absolute Gasteiger partial charge is 0.333 e. The lowest BCUT2D eigenvalue weighted by atomic mass is 10.2. The molecule has 4 aromatic rings. The van der Waals surface area contributed by atoms with Crippen LogP contribution in [0.4, 0.5) is 14.6 Å². The summed E-state index contributed by atoms with van der Waals surface area (Å²) in [6.07, 6.45) is 4.82. The van der Waals surface area contributed by atoms with Crippen LogP contribution in [0.5, 0.6) is 0 Å². The van der Waals surface area contributed by atoms with Crippen LogP contribution in [-0.2, 0) is 7.05 Å². The zero-order chi connectivity index (χ0) is 19.8. The number of hydrogen-bond donors (Lipinski definition) is 2. The molecule has 0 aliphatic carbocycles. The molecule has 10 heteroatoms. The van der Waals surface area contributed by atoms with Gasteiger partial charge in [-0.2, -0.15) is 10.2 Å². The first-order chi connectivity index (χ1) is 13.4. The van der Waals surface area contributed by atoms with Crippen LogP contribution in [0, 0.1) is 18.6 Å². The molecular weight excluding hydrogens is 368 g/mol. The average Bonchev–Trinajstić information content (AvgIpc) is 3.35. The van der Waals surface area contributed by atoms with Gasteiger partial charge in [-0.3, -0.25) is 9.89 Å². The van der Waals surface area contributed by atoms with E-state index in [-0.39, 0.29) is 17.2 Å². The highest BCUT2D eigenvalue weighted by atomic mass is 19.1. The molecule has 3 heterocycles. The molecule has 0 saturated heterocycles. The third-order valence-electron chi connectivity index (χ3n) is 4.16. The molecule has 0 atom stereocenters. The van der Waals surface area contributed by atoms with Crippen molar-refractivity contribution in [2.24, 2.45) is 7.05 Å². The van der Waals surface area contributed by atoms with Crippen LogP contribution in [0.1, 0.15) is 16.1 Å². The van der Waals surface area contributed by atoms with Gasteiger partial charge in [0.2, 0.25) is 0 Å². The van der Waals surface area contributed by atoms with Gasteiger partial charge in [-0.1, -0.05) is 6.07 Å². The van der Waals surface area contributed by atoms with Gasteiger partial charge >= 0.3 is 0 Å². The summed E-state index contributed by atoms with van der Waals surface area (Å²) in [6, 6.07) is 5.13. The summed E-state index contributed by atoms with van der Waals surface area (Å²) in [4.78, 5) is 16.8. The van der Waals surface area contributed by atoms with Crippen molar-refractivity contribution < 1.29 is 13.6 Å². The van der Waals surface area contributed by atoms with Crippen LogP contribution in [0.3, 0.4) is 0 Å². The predicted octanol–water partition coefficient (Wildman–Crippen LogP) is 2.83. The Morgan fingerprint density at radius 3 is 2.68 bits per heavy atom. The number of nitrogens with one attached hydrogen (secondary N) is 2. The smallest absolute Gasteiger partial charge is 0.277 e. The number of H-pyrrole nitrogens is 1. The molecule has 0 bridgehead atoms. The van der Waals surface area contributed by atoms with E-state index in [0.29, 0.717) is 17.1 Å². The second-order valence-electron chi connectivity index (χ2n) is 6.16. The Morgan fingerprint density at radius 2 is 2.00 bits per heavy atom. The van der Waals surface area contributed by atoms with Gasteiger partial charge in [-0.15, -0.1) is 0 Å². The number of benzene rings is 1. The first-order valence-corrected chi connectivity index (χ1v) is 8.29. The molecular formula is C18H15F2N7O. The van der Waals surface area contributed by atoms with Gasteiger partial charge in [0, 0.05) is 37.3 Å². The monoisotopic (exact) mass is 383 g/mol. The van der Waals surface area contributed by atoms with E-state index in [9.17, 15) is 13.6 Å². The Morgan fingerprint density at radius 1 is 1.25 bits per heavy atom. The summed E-state index contributed by atoms with van der Waals surface area (Å²) in [6.45, 7) is 1.63. The van der Waals surface area contributed by atoms with Crippen molar-refractivity contribution in [1.82, 2.24) is 29.5 Å². The molecule has 0 radical (unpaired) electrons. The molecule has 3 aromatic heterocycles. The highest BCUT2D eigenvalue weighted by Gasteiger charge is 2.19. The molecule has 2 N–H and O–H groups in total. The number of aromatic amines is 1. The number of carbonyl (C=O) groups excluding carboxylic acids is 1. The second kappa shape index (κ2) is 6.72. The Hall–Kier alpha value is -3.82. The van der Waals surface area contributed by atoms with E-state index in [1.165, 1.54) is 12.3 Å². The number of halogens is 2. The molecule has 0 fully saturated rings. The highest BCUT2D eigenvalue weighted by Crippen LogP contribution is 2.20. The van der Waals surface area contributed by atoms with Gasteiger partial charge in [0.25, 0.3) is 5.91 Å². The molecule has 142 valence electrons. The number of para-hydroxylation sites is 1.